The summed E-state index contributed by atoms with van der Waals surface area (Å²) in [6.45, 7) is 7.96. The third-order valence-corrected chi connectivity index (χ3v) is 4.45. The summed E-state index contributed by atoms with van der Waals surface area (Å²) in [5.74, 6) is 0.0393. The van der Waals surface area contributed by atoms with Crippen molar-refractivity contribution in [1.82, 2.24) is 5.32 Å². The Morgan fingerprint density at radius 1 is 1.19 bits per heavy atom. The fraction of sp³-hybridized carbons (Fsp3) is 0.304. The van der Waals surface area contributed by atoms with Gasteiger partial charge in [-0.15, -0.1) is 0 Å². The van der Waals surface area contributed by atoms with E-state index >= 15 is 0 Å². The Morgan fingerprint density at radius 2 is 1.94 bits per heavy atom. The van der Waals surface area contributed by atoms with Crippen LogP contribution < -0.4 is 14.8 Å². The molecule has 1 atom stereocenters. The summed E-state index contributed by atoms with van der Waals surface area (Å²) in [5, 5.41) is 10.4. The summed E-state index contributed by atoms with van der Waals surface area (Å²) in [6.07, 6.45) is 0.917. The molecule has 8 heteroatoms. The van der Waals surface area contributed by atoms with Gasteiger partial charge in [-0.1, -0.05) is 36.6 Å². The molecule has 3 rings (SSSR count). The first-order chi connectivity index (χ1) is 14.9. The normalized spacial score (nSPS) is 17.1. The number of rotatable bonds is 7. The number of hydrogen-bond acceptors (Lipinski definition) is 7. The molecule has 0 saturated carbocycles. The first-order valence-corrected chi connectivity index (χ1v) is 10.0. The van der Waals surface area contributed by atoms with Crippen LogP contribution in [0.4, 0.5) is 0 Å². The minimum Gasteiger partial charge on any atom is -0.490 e. The summed E-state index contributed by atoms with van der Waals surface area (Å²) >= 11 is 0. The number of amides is 1. The first kappa shape index (κ1) is 22.0. The molecule has 1 saturated heterocycles. The smallest absolute Gasteiger partial charge is 0.343 e. The quantitative estimate of drug-likeness (QED) is 0.318. The van der Waals surface area contributed by atoms with Gasteiger partial charge in [-0.25, -0.2) is 4.79 Å². The number of nitrogens with zero attached hydrogens (tertiary/aromatic N) is 2. The van der Waals surface area contributed by atoms with Gasteiger partial charge in [-0.2, -0.15) is 5.10 Å². The Morgan fingerprint density at radius 3 is 2.58 bits per heavy atom. The maximum atomic E-state index is 12.4. The van der Waals surface area contributed by atoms with E-state index in [9.17, 15) is 9.59 Å². The van der Waals surface area contributed by atoms with E-state index in [-0.39, 0.29) is 17.8 Å². The number of carbonyl (C=O) groups excluding carboxylic acids is 2. The number of aryl methyl sites for hydroxylation is 1. The van der Waals surface area contributed by atoms with Crippen molar-refractivity contribution in [3.63, 3.8) is 0 Å². The Balaban J connectivity index is 1.72. The second kappa shape index (κ2) is 9.88. The van der Waals surface area contributed by atoms with E-state index < -0.39 is 12.1 Å². The Labute approximate surface area is 180 Å². The highest BCUT2D eigenvalue weighted by Crippen LogP contribution is 2.29. The van der Waals surface area contributed by atoms with Crippen molar-refractivity contribution in [2.45, 2.75) is 33.8 Å². The van der Waals surface area contributed by atoms with Gasteiger partial charge in [0.25, 0.3) is 5.91 Å². The van der Waals surface area contributed by atoms with Crippen LogP contribution in [0.15, 0.2) is 52.7 Å². The zero-order valence-corrected chi connectivity index (χ0v) is 17.9. The van der Waals surface area contributed by atoms with Crippen molar-refractivity contribution in [1.29, 1.82) is 0 Å². The molecule has 1 amide bonds. The lowest BCUT2D eigenvalue weighted by Gasteiger charge is -2.11. The Kier molecular flexibility index (Phi) is 7.02. The molecule has 2 aromatic rings. The molecule has 1 N–H and O–H groups in total. The maximum absolute atomic E-state index is 12.4. The molecule has 1 heterocycles. The summed E-state index contributed by atoms with van der Waals surface area (Å²) in [4.78, 5) is 24.2. The van der Waals surface area contributed by atoms with Crippen molar-refractivity contribution in [3.05, 3.63) is 59.2 Å². The van der Waals surface area contributed by atoms with E-state index in [0.29, 0.717) is 29.2 Å². The van der Waals surface area contributed by atoms with Gasteiger partial charge < -0.3 is 14.2 Å². The van der Waals surface area contributed by atoms with Gasteiger partial charge in [-0.3, -0.25) is 10.1 Å². The molecule has 31 heavy (non-hydrogen) atoms. The number of benzene rings is 2. The van der Waals surface area contributed by atoms with E-state index in [1.807, 2.05) is 39.8 Å². The third-order valence-electron chi connectivity index (χ3n) is 4.45. The molecule has 1 aliphatic rings. The largest absolute Gasteiger partial charge is 0.490 e. The average Bonchev–Trinajstić information content (AvgIpc) is 3.11. The van der Waals surface area contributed by atoms with Crippen LogP contribution in [-0.4, -0.2) is 36.8 Å². The summed E-state index contributed by atoms with van der Waals surface area (Å²) in [5.41, 5.74) is 2.18. The fourth-order valence-electron chi connectivity index (χ4n) is 2.82. The zero-order valence-electron chi connectivity index (χ0n) is 17.9. The fourth-order valence-corrected chi connectivity index (χ4v) is 2.82. The van der Waals surface area contributed by atoms with Crippen LogP contribution in [0.25, 0.3) is 0 Å². The van der Waals surface area contributed by atoms with E-state index in [1.165, 1.54) is 6.21 Å². The topological polar surface area (TPSA) is 98.6 Å². The molecular formula is C23H25N3O5. The molecular weight excluding hydrogens is 398 g/mol. The number of esters is 1. The monoisotopic (exact) mass is 423 g/mol. The van der Waals surface area contributed by atoms with Gasteiger partial charge in [0.05, 0.1) is 18.4 Å². The SMILES string of the molecule is CCOc1cc(/C=N/N=C2/NC(=O)C(C(C)C)O2)ccc1OC(=O)c1ccc(C)cc1. The van der Waals surface area contributed by atoms with Gasteiger partial charge in [0.1, 0.15) is 0 Å². The molecule has 1 aliphatic heterocycles. The Hall–Kier alpha value is -3.68. The number of amidine groups is 1. The van der Waals surface area contributed by atoms with Crippen LogP contribution in [0.3, 0.4) is 0 Å². The van der Waals surface area contributed by atoms with Crippen LogP contribution in [0.2, 0.25) is 0 Å². The number of carbonyl (C=O) groups is 2. The third kappa shape index (κ3) is 5.69. The summed E-state index contributed by atoms with van der Waals surface area (Å²) in [6, 6.07) is 12.2. The molecule has 0 bridgehead atoms. The predicted octanol–water partition coefficient (Wildman–Crippen LogP) is 3.47. The van der Waals surface area contributed by atoms with Gasteiger partial charge in [0, 0.05) is 0 Å². The average molecular weight is 423 g/mol. The highest BCUT2D eigenvalue weighted by molar-refractivity contribution is 6.02. The summed E-state index contributed by atoms with van der Waals surface area (Å²) < 4.78 is 16.6. The molecule has 2 aromatic carbocycles. The zero-order chi connectivity index (χ0) is 22.4. The molecule has 162 valence electrons. The van der Waals surface area contributed by atoms with Crippen LogP contribution in [0.5, 0.6) is 11.5 Å². The molecule has 1 unspecified atom stereocenters. The van der Waals surface area contributed by atoms with Crippen molar-refractivity contribution in [2.24, 2.45) is 16.1 Å². The van der Waals surface area contributed by atoms with E-state index in [4.69, 9.17) is 14.2 Å². The van der Waals surface area contributed by atoms with Gasteiger partial charge in [0.15, 0.2) is 17.6 Å². The van der Waals surface area contributed by atoms with E-state index in [2.05, 4.69) is 15.5 Å². The van der Waals surface area contributed by atoms with Crippen molar-refractivity contribution in [2.75, 3.05) is 6.61 Å². The molecule has 0 aromatic heterocycles. The van der Waals surface area contributed by atoms with Crippen LogP contribution >= 0.6 is 0 Å². The highest BCUT2D eigenvalue weighted by atomic mass is 16.6. The number of nitrogens with one attached hydrogen (secondary N) is 1. The molecule has 0 spiro atoms. The molecule has 0 aliphatic carbocycles. The standard InChI is InChI=1S/C23H25N3O5/c1-5-29-19-12-16(13-24-26-23-25-21(27)20(31-23)14(2)3)8-11-18(19)30-22(28)17-9-6-15(4)7-10-17/h6-14,20H,5H2,1-4H3,(H,25,26,27)/b24-13+. The second-order valence-electron chi connectivity index (χ2n) is 7.32. The predicted molar refractivity (Wildman–Crippen MR) is 117 cm³/mol. The van der Waals surface area contributed by atoms with Crippen LogP contribution in [0, 0.1) is 12.8 Å². The second-order valence-corrected chi connectivity index (χ2v) is 7.32. The lowest BCUT2D eigenvalue weighted by Crippen LogP contribution is -2.28. The highest BCUT2D eigenvalue weighted by Gasteiger charge is 2.33. The van der Waals surface area contributed by atoms with E-state index in [0.717, 1.165) is 5.56 Å². The first-order valence-electron chi connectivity index (χ1n) is 10.0. The molecule has 0 radical (unpaired) electrons. The van der Waals surface area contributed by atoms with Crippen molar-refractivity contribution in [3.8, 4) is 11.5 Å². The summed E-state index contributed by atoms with van der Waals surface area (Å²) in [7, 11) is 0. The maximum Gasteiger partial charge on any atom is 0.343 e. The number of hydrogen-bond donors (Lipinski definition) is 1. The minimum absolute atomic E-state index is 0.0283. The van der Waals surface area contributed by atoms with Crippen molar-refractivity contribution >= 4 is 24.1 Å². The molecule has 1 fully saturated rings. The molecule has 8 nitrogen and oxygen atoms in total. The van der Waals surface area contributed by atoms with E-state index in [1.54, 1.807) is 30.3 Å². The van der Waals surface area contributed by atoms with Gasteiger partial charge in [-0.05, 0) is 55.7 Å². The van der Waals surface area contributed by atoms with Crippen molar-refractivity contribution < 1.29 is 23.8 Å². The lowest BCUT2D eigenvalue weighted by molar-refractivity contribution is -0.124. The van der Waals surface area contributed by atoms with Crippen LogP contribution in [-0.2, 0) is 9.53 Å². The van der Waals surface area contributed by atoms with Crippen LogP contribution in [0.1, 0.15) is 42.3 Å². The van der Waals surface area contributed by atoms with Gasteiger partial charge in [0.2, 0.25) is 0 Å². The Bertz CT molecular complexity index is 1010. The minimum atomic E-state index is -0.569. The lowest BCUT2D eigenvalue weighted by atomic mass is 10.1. The van der Waals surface area contributed by atoms with Gasteiger partial charge >= 0.3 is 12.0 Å². The number of ether oxygens (including phenoxy) is 3.